The Morgan fingerprint density at radius 2 is 1.33 bits per heavy atom. The summed E-state index contributed by atoms with van der Waals surface area (Å²) in [4.78, 5) is 23.9. The molecule has 2 rings (SSSR count). The Morgan fingerprint density at radius 1 is 0.762 bits per heavy atom. The zero-order valence-electron chi connectivity index (χ0n) is 27.0. The first-order valence-corrected chi connectivity index (χ1v) is 17.4. The van der Waals surface area contributed by atoms with E-state index in [1.165, 1.54) is 95.5 Å². The van der Waals surface area contributed by atoms with Crippen molar-refractivity contribution in [1.29, 1.82) is 0 Å². The van der Waals surface area contributed by atoms with E-state index >= 15 is 0 Å². The molecule has 6 nitrogen and oxygen atoms in total. The summed E-state index contributed by atoms with van der Waals surface area (Å²) in [5, 5.41) is 2.65. The van der Waals surface area contributed by atoms with Crippen molar-refractivity contribution < 1.29 is 23.8 Å². The van der Waals surface area contributed by atoms with Crippen LogP contribution in [0, 0.1) is 5.92 Å². The minimum Gasteiger partial charge on any atom is -0.492 e. The van der Waals surface area contributed by atoms with Crippen molar-refractivity contribution in [3.63, 3.8) is 0 Å². The van der Waals surface area contributed by atoms with Crippen LogP contribution in [-0.2, 0) is 20.7 Å². The molecule has 0 spiro atoms. The Balaban J connectivity index is 1.52. The molecule has 1 aromatic carbocycles. The molecule has 2 atom stereocenters. The van der Waals surface area contributed by atoms with Crippen molar-refractivity contribution >= 4 is 12.1 Å². The molecule has 1 N–H and O–H groups in total. The highest BCUT2D eigenvalue weighted by Crippen LogP contribution is 2.31. The van der Waals surface area contributed by atoms with Gasteiger partial charge in [0, 0.05) is 6.42 Å². The topological polar surface area (TPSA) is 73.9 Å². The molecule has 0 radical (unpaired) electrons. The van der Waals surface area contributed by atoms with Gasteiger partial charge >= 0.3 is 12.1 Å². The van der Waals surface area contributed by atoms with Gasteiger partial charge in [0.15, 0.2) is 0 Å². The summed E-state index contributed by atoms with van der Waals surface area (Å²) in [6, 6.07) is 8.13. The van der Waals surface area contributed by atoms with Crippen molar-refractivity contribution in [1.82, 2.24) is 5.32 Å². The van der Waals surface area contributed by atoms with Crippen LogP contribution in [0.15, 0.2) is 24.3 Å². The van der Waals surface area contributed by atoms with Crippen LogP contribution in [0.1, 0.15) is 148 Å². The molecule has 6 heteroatoms. The summed E-state index contributed by atoms with van der Waals surface area (Å²) in [6.07, 6.45) is 25.5. The van der Waals surface area contributed by atoms with Crippen molar-refractivity contribution in [3.05, 3.63) is 29.8 Å². The van der Waals surface area contributed by atoms with Gasteiger partial charge < -0.3 is 19.5 Å². The quantitative estimate of drug-likeness (QED) is 0.0962. The number of nitrogens with one attached hydrogen (secondary N) is 1. The largest absolute Gasteiger partial charge is 0.492 e. The molecule has 1 aromatic rings. The molecule has 0 aliphatic heterocycles. The zero-order valence-corrected chi connectivity index (χ0v) is 27.0. The van der Waals surface area contributed by atoms with E-state index in [-0.39, 0.29) is 12.1 Å². The van der Waals surface area contributed by atoms with Crippen LogP contribution >= 0.6 is 0 Å². The number of carbonyl (C=O) groups is 2. The summed E-state index contributed by atoms with van der Waals surface area (Å²) >= 11 is 0. The average molecular weight is 588 g/mol. The Hall–Kier alpha value is -2.24. The second-order valence-electron chi connectivity index (χ2n) is 12.1. The van der Waals surface area contributed by atoms with Gasteiger partial charge in [-0.3, -0.25) is 4.79 Å². The molecular formula is C36H61NO5. The number of rotatable bonds is 24. The molecule has 0 aromatic heterocycles. The molecule has 1 saturated carbocycles. The molecule has 0 bridgehead atoms. The standard InChI is InChI=1S/C36H61NO5/c1-3-5-6-7-8-9-10-11-12-13-14-15-16-17-18-23-35(38)42-34-22-20-19-21-32(34)30-31-24-26-33(27-25-31)41-29-28-37-36(39)40-4-2/h24-27,32,34H,3-23,28-30H2,1-2H3,(H,37,39)/t32-,34+/m0/s1. The van der Waals surface area contributed by atoms with Crippen LogP contribution in [0.2, 0.25) is 0 Å². The van der Waals surface area contributed by atoms with E-state index in [1.807, 2.05) is 12.1 Å². The van der Waals surface area contributed by atoms with Crippen molar-refractivity contribution in [2.75, 3.05) is 19.8 Å². The summed E-state index contributed by atoms with van der Waals surface area (Å²) in [5.74, 6) is 1.14. The number of hydrogen-bond acceptors (Lipinski definition) is 5. The van der Waals surface area contributed by atoms with Gasteiger partial charge in [-0.15, -0.1) is 0 Å². The highest BCUT2D eigenvalue weighted by atomic mass is 16.5. The van der Waals surface area contributed by atoms with E-state index in [0.717, 1.165) is 44.3 Å². The Morgan fingerprint density at radius 3 is 1.93 bits per heavy atom. The highest BCUT2D eigenvalue weighted by Gasteiger charge is 2.28. The molecule has 42 heavy (non-hydrogen) atoms. The summed E-state index contributed by atoms with van der Waals surface area (Å²) in [6.45, 7) is 5.20. The number of carbonyl (C=O) groups excluding carboxylic acids is 2. The first kappa shape index (κ1) is 36.0. The SMILES string of the molecule is CCCCCCCCCCCCCCCCCC(=O)O[C@@H]1CCCC[C@H]1Cc1ccc(OCCNC(=O)OCC)cc1. The first-order chi connectivity index (χ1) is 20.6. The van der Waals surface area contributed by atoms with E-state index in [4.69, 9.17) is 14.2 Å². The number of amides is 1. The maximum atomic E-state index is 12.6. The van der Waals surface area contributed by atoms with Crippen LogP contribution in [0.3, 0.4) is 0 Å². The Labute approximate surface area is 257 Å². The van der Waals surface area contributed by atoms with E-state index in [1.54, 1.807) is 6.92 Å². The summed E-state index contributed by atoms with van der Waals surface area (Å²) in [5.41, 5.74) is 1.24. The third-order valence-corrected chi connectivity index (χ3v) is 8.44. The normalized spacial score (nSPS) is 16.6. The fraction of sp³-hybridized carbons (Fsp3) is 0.778. The maximum Gasteiger partial charge on any atom is 0.407 e. The third-order valence-electron chi connectivity index (χ3n) is 8.44. The Bertz CT molecular complexity index is 812. The lowest BCUT2D eigenvalue weighted by Crippen LogP contribution is -2.31. The van der Waals surface area contributed by atoms with Gasteiger partial charge in [-0.1, -0.05) is 115 Å². The van der Waals surface area contributed by atoms with Gasteiger partial charge in [-0.25, -0.2) is 4.79 Å². The van der Waals surface area contributed by atoms with Crippen LogP contribution in [0.4, 0.5) is 4.79 Å². The lowest BCUT2D eigenvalue weighted by molar-refractivity contribution is -0.153. The van der Waals surface area contributed by atoms with Crippen molar-refractivity contribution in [2.24, 2.45) is 5.92 Å². The van der Waals surface area contributed by atoms with E-state index in [9.17, 15) is 9.59 Å². The van der Waals surface area contributed by atoms with Crippen LogP contribution < -0.4 is 10.1 Å². The fourth-order valence-electron chi connectivity index (χ4n) is 5.96. The minimum atomic E-state index is -0.422. The maximum absolute atomic E-state index is 12.6. The second-order valence-corrected chi connectivity index (χ2v) is 12.1. The monoisotopic (exact) mass is 587 g/mol. The molecule has 1 aliphatic rings. The van der Waals surface area contributed by atoms with Gasteiger partial charge in [0.05, 0.1) is 13.2 Å². The average Bonchev–Trinajstić information content (AvgIpc) is 2.99. The molecule has 240 valence electrons. The van der Waals surface area contributed by atoms with Crippen molar-refractivity contribution in [3.8, 4) is 5.75 Å². The smallest absolute Gasteiger partial charge is 0.407 e. The van der Waals surface area contributed by atoms with Crippen molar-refractivity contribution in [2.45, 2.75) is 155 Å². The molecular weight excluding hydrogens is 526 g/mol. The zero-order chi connectivity index (χ0) is 30.1. The van der Waals surface area contributed by atoms with E-state index in [2.05, 4.69) is 24.4 Å². The molecule has 1 aliphatic carbocycles. The second kappa shape index (κ2) is 24.2. The molecule has 0 unspecified atom stereocenters. The number of unbranched alkanes of at least 4 members (excludes halogenated alkanes) is 14. The number of benzene rings is 1. The van der Waals surface area contributed by atoms with E-state index in [0.29, 0.717) is 32.1 Å². The summed E-state index contributed by atoms with van der Waals surface area (Å²) in [7, 11) is 0. The van der Waals surface area contributed by atoms with Crippen LogP contribution in [-0.4, -0.2) is 37.9 Å². The first-order valence-electron chi connectivity index (χ1n) is 17.4. The fourth-order valence-corrected chi connectivity index (χ4v) is 5.96. The molecule has 0 saturated heterocycles. The van der Waals surface area contributed by atoms with Gasteiger partial charge in [-0.2, -0.15) is 0 Å². The number of esters is 1. The van der Waals surface area contributed by atoms with Gasteiger partial charge in [-0.05, 0) is 62.6 Å². The predicted molar refractivity (Wildman–Crippen MR) is 172 cm³/mol. The van der Waals surface area contributed by atoms with E-state index < -0.39 is 6.09 Å². The van der Waals surface area contributed by atoms with Crippen LogP contribution in [0.5, 0.6) is 5.75 Å². The third kappa shape index (κ3) is 17.7. The highest BCUT2D eigenvalue weighted by molar-refractivity contribution is 5.69. The van der Waals surface area contributed by atoms with Crippen LogP contribution in [0.25, 0.3) is 0 Å². The predicted octanol–water partition coefficient (Wildman–Crippen LogP) is 9.72. The Kier molecular flexibility index (Phi) is 20.7. The molecule has 0 heterocycles. The van der Waals surface area contributed by atoms with Gasteiger partial charge in [0.2, 0.25) is 0 Å². The lowest BCUT2D eigenvalue weighted by Gasteiger charge is -2.31. The van der Waals surface area contributed by atoms with Gasteiger partial charge in [0.1, 0.15) is 18.5 Å². The number of alkyl carbamates (subject to hydrolysis) is 1. The molecule has 1 fully saturated rings. The molecule has 1 amide bonds. The lowest BCUT2D eigenvalue weighted by atomic mass is 9.82. The number of ether oxygens (including phenoxy) is 3. The van der Waals surface area contributed by atoms with Gasteiger partial charge in [0.25, 0.3) is 0 Å². The minimum absolute atomic E-state index is 0.0123. The summed E-state index contributed by atoms with van der Waals surface area (Å²) < 4.78 is 16.6. The number of hydrogen-bond donors (Lipinski definition) is 1.